The molecule has 1 aliphatic rings. The number of fused-ring (bicyclic) bond motifs is 1. The molecular formula is C29H28ClN5O2S. The number of nitriles is 1. The second-order valence-corrected chi connectivity index (χ2v) is 10.4. The second kappa shape index (κ2) is 12.5. The van der Waals surface area contributed by atoms with Crippen molar-refractivity contribution in [1.82, 2.24) is 14.5 Å². The fraction of sp³-hybridized carbons (Fsp3) is 0.276. The summed E-state index contributed by atoms with van der Waals surface area (Å²) in [5.74, 6) is 0. The Morgan fingerprint density at radius 1 is 1.26 bits per heavy atom. The Bertz CT molecular complexity index is 1490. The molecule has 0 saturated carbocycles. The summed E-state index contributed by atoms with van der Waals surface area (Å²) in [6.07, 6.45) is 13.4. The van der Waals surface area contributed by atoms with E-state index in [2.05, 4.69) is 33.5 Å². The number of anilines is 2. The molecule has 0 aliphatic carbocycles. The summed E-state index contributed by atoms with van der Waals surface area (Å²) >= 11 is 8.09. The predicted molar refractivity (Wildman–Crippen MR) is 152 cm³/mol. The summed E-state index contributed by atoms with van der Waals surface area (Å²) in [6.45, 7) is 1.42. The van der Waals surface area contributed by atoms with Gasteiger partial charge in [0, 0.05) is 48.2 Å². The van der Waals surface area contributed by atoms with Gasteiger partial charge in [0.05, 0.1) is 28.4 Å². The van der Waals surface area contributed by atoms with E-state index in [0.717, 1.165) is 64.5 Å². The van der Waals surface area contributed by atoms with E-state index in [1.807, 2.05) is 54.2 Å². The highest BCUT2D eigenvalue weighted by Gasteiger charge is 2.14. The van der Waals surface area contributed by atoms with Crippen molar-refractivity contribution in [1.29, 1.82) is 5.26 Å². The van der Waals surface area contributed by atoms with Gasteiger partial charge in [-0.1, -0.05) is 47.6 Å². The summed E-state index contributed by atoms with van der Waals surface area (Å²) in [5.41, 5.74) is 3.79. The number of pyridine rings is 1. The molecule has 0 spiro atoms. The number of nitrogens with zero attached hydrogens (tertiary/aromatic N) is 4. The maximum atomic E-state index is 9.74. The molecule has 194 valence electrons. The highest BCUT2D eigenvalue weighted by molar-refractivity contribution is 7.99. The van der Waals surface area contributed by atoms with Crippen LogP contribution in [0.1, 0.15) is 36.8 Å². The van der Waals surface area contributed by atoms with Crippen molar-refractivity contribution in [3.8, 4) is 6.07 Å². The summed E-state index contributed by atoms with van der Waals surface area (Å²) in [4.78, 5) is 9.77. The maximum absolute atomic E-state index is 9.74. The van der Waals surface area contributed by atoms with E-state index in [1.54, 1.807) is 12.4 Å². The molecule has 1 unspecified atom stereocenters. The third-order valence-electron chi connectivity index (χ3n) is 6.23. The first kappa shape index (κ1) is 26.3. The van der Waals surface area contributed by atoms with Gasteiger partial charge < -0.3 is 19.4 Å². The van der Waals surface area contributed by atoms with E-state index in [0.29, 0.717) is 22.9 Å². The minimum absolute atomic E-state index is 0.0622. The number of ether oxygens (including phenoxy) is 2. The van der Waals surface area contributed by atoms with Crippen LogP contribution in [0.15, 0.2) is 71.1 Å². The Balaban J connectivity index is 1.29. The number of hydrogen-bond donors (Lipinski definition) is 1. The van der Waals surface area contributed by atoms with Crippen molar-refractivity contribution in [2.75, 3.05) is 18.5 Å². The van der Waals surface area contributed by atoms with Crippen molar-refractivity contribution in [2.45, 2.75) is 42.0 Å². The molecule has 7 nitrogen and oxygen atoms in total. The Morgan fingerprint density at radius 2 is 2.18 bits per heavy atom. The lowest BCUT2D eigenvalue weighted by molar-refractivity contribution is -0.161. The molecule has 4 aromatic rings. The average molecular weight is 546 g/mol. The van der Waals surface area contributed by atoms with Crippen LogP contribution in [0, 0.1) is 11.3 Å². The monoisotopic (exact) mass is 545 g/mol. The molecule has 2 aromatic heterocycles. The number of rotatable bonds is 9. The summed E-state index contributed by atoms with van der Waals surface area (Å²) in [5, 5.41) is 15.5. The maximum Gasteiger partial charge on any atom is 0.172 e. The Kier molecular flexibility index (Phi) is 8.61. The molecule has 0 bridgehead atoms. The zero-order chi connectivity index (χ0) is 26.3. The number of benzene rings is 2. The Morgan fingerprint density at radius 3 is 2.95 bits per heavy atom. The molecule has 1 N–H and O–H groups in total. The second-order valence-electron chi connectivity index (χ2n) is 8.99. The van der Waals surface area contributed by atoms with E-state index in [9.17, 15) is 5.26 Å². The van der Waals surface area contributed by atoms with Gasteiger partial charge in [-0.15, -0.1) is 0 Å². The van der Waals surface area contributed by atoms with Crippen LogP contribution in [0.3, 0.4) is 0 Å². The van der Waals surface area contributed by atoms with Crippen LogP contribution >= 0.6 is 23.4 Å². The number of hydrogen-bond acceptors (Lipinski definition) is 7. The first-order valence-corrected chi connectivity index (χ1v) is 13.7. The van der Waals surface area contributed by atoms with Gasteiger partial charge in [-0.05, 0) is 55.5 Å². The van der Waals surface area contributed by atoms with Crippen molar-refractivity contribution in [3.05, 3.63) is 77.2 Å². The normalized spacial score (nSPS) is 15.7. The molecule has 2 aromatic carbocycles. The van der Waals surface area contributed by atoms with Gasteiger partial charge in [0.2, 0.25) is 0 Å². The van der Waals surface area contributed by atoms with Crippen LogP contribution < -0.4 is 5.32 Å². The van der Waals surface area contributed by atoms with Gasteiger partial charge in [0.25, 0.3) is 0 Å². The minimum Gasteiger partial charge on any atom is -0.354 e. The summed E-state index contributed by atoms with van der Waals surface area (Å²) in [7, 11) is 1.94. The largest absolute Gasteiger partial charge is 0.354 e. The molecule has 3 heterocycles. The van der Waals surface area contributed by atoms with Crippen LogP contribution in [0.25, 0.3) is 17.0 Å². The first-order valence-electron chi connectivity index (χ1n) is 12.5. The standard InChI is InChI=1S/C29H28ClN5O2S/c1-35-13-12-32-29(35)38-26-11-9-22(17-24(26)30)34-28-21(18-31)19-33-25-16-20(8-10-23(25)28)6-2-4-14-36-27-7-3-5-15-37-27/h2,6,8-13,16-17,19,27H,3-5,7,14-15H2,1H3,(H,33,34)/b6-2+. The summed E-state index contributed by atoms with van der Waals surface area (Å²) in [6, 6.07) is 14.0. The van der Waals surface area contributed by atoms with Crippen LogP contribution in [0.5, 0.6) is 0 Å². The smallest absolute Gasteiger partial charge is 0.172 e. The summed E-state index contributed by atoms with van der Waals surface area (Å²) < 4.78 is 13.3. The van der Waals surface area contributed by atoms with E-state index in [1.165, 1.54) is 11.8 Å². The molecule has 38 heavy (non-hydrogen) atoms. The van der Waals surface area contributed by atoms with Crippen LogP contribution in [-0.2, 0) is 16.5 Å². The minimum atomic E-state index is -0.0622. The number of aryl methyl sites for hydroxylation is 1. The van der Waals surface area contributed by atoms with Gasteiger partial charge >= 0.3 is 0 Å². The molecule has 1 saturated heterocycles. The average Bonchev–Trinajstić information content (AvgIpc) is 3.34. The zero-order valence-electron chi connectivity index (χ0n) is 21.1. The van der Waals surface area contributed by atoms with E-state index < -0.39 is 0 Å². The third kappa shape index (κ3) is 6.37. The molecule has 1 atom stereocenters. The van der Waals surface area contributed by atoms with Gasteiger partial charge in [0.15, 0.2) is 11.4 Å². The van der Waals surface area contributed by atoms with Gasteiger partial charge in [0.1, 0.15) is 6.07 Å². The van der Waals surface area contributed by atoms with Gasteiger partial charge in [-0.2, -0.15) is 5.26 Å². The number of nitrogens with one attached hydrogen (secondary N) is 1. The molecule has 1 fully saturated rings. The van der Waals surface area contributed by atoms with Crippen molar-refractivity contribution >= 4 is 51.7 Å². The Hall–Kier alpha value is -3.35. The van der Waals surface area contributed by atoms with Crippen LogP contribution in [0.2, 0.25) is 5.02 Å². The lowest BCUT2D eigenvalue weighted by Gasteiger charge is -2.22. The third-order valence-corrected chi connectivity index (χ3v) is 7.81. The molecule has 9 heteroatoms. The predicted octanol–water partition coefficient (Wildman–Crippen LogP) is 7.33. The Labute approximate surface area is 231 Å². The zero-order valence-corrected chi connectivity index (χ0v) is 22.6. The lowest BCUT2D eigenvalue weighted by Crippen LogP contribution is -2.22. The van der Waals surface area contributed by atoms with Crippen molar-refractivity contribution in [3.63, 3.8) is 0 Å². The number of halogens is 1. The molecule has 5 rings (SSSR count). The fourth-order valence-corrected chi connectivity index (χ4v) is 5.32. The number of aromatic nitrogens is 3. The first-order chi connectivity index (χ1) is 18.6. The lowest BCUT2D eigenvalue weighted by atomic mass is 10.1. The quantitative estimate of drug-likeness (QED) is 0.220. The molecule has 0 radical (unpaired) electrons. The van der Waals surface area contributed by atoms with Crippen LogP contribution in [0.4, 0.5) is 11.4 Å². The molecule has 0 amide bonds. The van der Waals surface area contributed by atoms with Gasteiger partial charge in [-0.3, -0.25) is 4.98 Å². The highest BCUT2D eigenvalue weighted by Crippen LogP contribution is 2.36. The van der Waals surface area contributed by atoms with Crippen LogP contribution in [-0.4, -0.2) is 34.0 Å². The van der Waals surface area contributed by atoms with E-state index in [-0.39, 0.29) is 6.29 Å². The van der Waals surface area contributed by atoms with E-state index in [4.69, 9.17) is 21.1 Å². The van der Waals surface area contributed by atoms with Gasteiger partial charge in [-0.25, -0.2) is 4.98 Å². The van der Waals surface area contributed by atoms with Crippen molar-refractivity contribution in [2.24, 2.45) is 7.05 Å². The highest BCUT2D eigenvalue weighted by atomic mass is 35.5. The molecule has 1 aliphatic heterocycles. The fourth-order valence-electron chi connectivity index (χ4n) is 4.22. The SMILES string of the molecule is Cn1ccnc1Sc1ccc(Nc2c(C#N)cnc3cc(/C=C/CCOC4CCCCO4)ccc23)cc1Cl. The van der Waals surface area contributed by atoms with E-state index >= 15 is 0 Å². The molecular weight excluding hydrogens is 518 g/mol. The van der Waals surface area contributed by atoms with Crippen molar-refractivity contribution < 1.29 is 9.47 Å². The topological polar surface area (TPSA) is 85.0 Å². The number of imidazole rings is 1.